The molecule has 3 amide bonds. The van der Waals surface area contributed by atoms with Crippen LogP contribution in [0.1, 0.15) is 0 Å². The Hall–Kier alpha value is -1.30. The van der Waals surface area contributed by atoms with Crippen molar-refractivity contribution in [1.29, 1.82) is 0 Å². The Bertz CT molecular complexity index is 357. The van der Waals surface area contributed by atoms with Crippen LogP contribution >= 0.6 is 11.6 Å². The van der Waals surface area contributed by atoms with Crippen LogP contribution in [0.2, 0.25) is 0 Å². The van der Waals surface area contributed by atoms with E-state index in [0.717, 1.165) is 0 Å². The summed E-state index contributed by atoms with van der Waals surface area (Å²) in [5.41, 5.74) is 0. The fraction of sp³-hybridized carbons (Fsp3) is 0.625. The van der Waals surface area contributed by atoms with Crippen molar-refractivity contribution in [3.8, 4) is 0 Å². The van der Waals surface area contributed by atoms with Crippen LogP contribution in [0, 0.1) is 0 Å². The second-order valence-corrected chi connectivity index (χ2v) is 3.82. The second kappa shape index (κ2) is 3.37. The van der Waals surface area contributed by atoms with Crippen molar-refractivity contribution in [2.75, 3.05) is 20.0 Å². The van der Waals surface area contributed by atoms with Gasteiger partial charge in [0.05, 0.1) is 5.88 Å². The van der Waals surface area contributed by atoms with Crippen LogP contribution in [0.3, 0.4) is 0 Å². The molecule has 82 valence electrons. The number of aliphatic imine (C=N–C) groups is 1. The van der Waals surface area contributed by atoms with Crippen LogP contribution in [0.5, 0.6) is 0 Å². The predicted molar refractivity (Wildman–Crippen MR) is 54.8 cm³/mol. The highest BCUT2D eigenvalue weighted by atomic mass is 35.5. The molecule has 0 spiro atoms. The van der Waals surface area contributed by atoms with Gasteiger partial charge in [0.1, 0.15) is 5.84 Å². The molecule has 2 atom stereocenters. The van der Waals surface area contributed by atoms with Crippen LogP contribution in [0.15, 0.2) is 4.99 Å². The number of halogens is 1. The van der Waals surface area contributed by atoms with E-state index in [1.807, 2.05) is 0 Å². The maximum absolute atomic E-state index is 11.6. The molecule has 2 aliphatic heterocycles. The Kier molecular flexibility index (Phi) is 2.30. The maximum atomic E-state index is 11.6. The molecule has 2 unspecified atom stereocenters. The van der Waals surface area contributed by atoms with E-state index in [1.165, 1.54) is 4.90 Å². The standard InChI is InChI=1S/C8H11ClN4O2/c1-12-4(3-9)10-6-5(12)7(14)11-8(15)13(6)2/h5-6H,3H2,1-2H3,(H,11,14,15). The van der Waals surface area contributed by atoms with Gasteiger partial charge in [0, 0.05) is 14.1 Å². The first-order valence-electron chi connectivity index (χ1n) is 4.49. The van der Waals surface area contributed by atoms with E-state index in [1.54, 1.807) is 19.0 Å². The van der Waals surface area contributed by atoms with Crippen molar-refractivity contribution >= 4 is 29.4 Å². The SMILES string of the molecule is CN1C(=O)NC(=O)C2C1N=C(CCl)N2C. The molecule has 7 heteroatoms. The number of hydrogen-bond donors (Lipinski definition) is 1. The number of amides is 3. The molecule has 1 N–H and O–H groups in total. The van der Waals surface area contributed by atoms with Gasteiger partial charge in [-0.05, 0) is 0 Å². The number of fused-ring (bicyclic) bond motifs is 1. The van der Waals surface area contributed by atoms with E-state index in [0.29, 0.717) is 5.84 Å². The van der Waals surface area contributed by atoms with Crippen molar-refractivity contribution < 1.29 is 9.59 Å². The van der Waals surface area contributed by atoms with Gasteiger partial charge in [-0.25, -0.2) is 9.79 Å². The number of nitrogens with zero attached hydrogens (tertiary/aromatic N) is 3. The Balaban J connectivity index is 2.33. The van der Waals surface area contributed by atoms with Crippen LogP contribution in [-0.4, -0.2) is 59.8 Å². The molecule has 1 saturated heterocycles. The molecule has 15 heavy (non-hydrogen) atoms. The summed E-state index contributed by atoms with van der Waals surface area (Å²) in [7, 11) is 3.35. The lowest BCUT2D eigenvalue weighted by Gasteiger charge is -2.34. The summed E-state index contributed by atoms with van der Waals surface area (Å²) < 4.78 is 0. The monoisotopic (exact) mass is 230 g/mol. The lowest BCUT2D eigenvalue weighted by molar-refractivity contribution is -0.126. The zero-order valence-electron chi connectivity index (χ0n) is 8.40. The average Bonchev–Trinajstić information content (AvgIpc) is 2.53. The first-order valence-corrected chi connectivity index (χ1v) is 5.03. The number of imide groups is 1. The Labute approximate surface area is 91.9 Å². The van der Waals surface area contributed by atoms with E-state index < -0.39 is 18.2 Å². The van der Waals surface area contributed by atoms with Gasteiger partial charge in [0.2, 0.25) is 0 Å². The van der Waals surface area contributed by atoms with E-state index >= 15 is 0 Å². The van der Waals surface area contributed by atoms with Gasteiger partial charge in [0.15, 0.2) is 12.2 Å². The topological polar surface area (TPSA) is 65.0 Å². The van der Waals surface area contributed by atoms with E-state index in [4.69, 9.17) is 11.6 Å². The molecule has 0 aromatic heterocycles. The molecule has 6 nitrogen and oxygen atoms in total. The van der Waals surface area contributed by atoms with E-state index in [-0.39, 0.29) is 11.8 Å². The molecule has 2 rings (SSSR count). The highest BCUT2D eigenvalue weighted by molar-refractivity contribution is 6.28. The van der Waals surface area contributed by atoms with Gasteiger partial charge >= 0.3 is 6.03 Å². The zero-order valence-corrected chi connectivity index (χ0v) is 9.15. The van der Waals surface area contributed by atoms with Crippen LogP contribution in [0.25, 0.3) is 0 Å². The number of alkyl halides is 1. The summed E-state index contributed by atoms with van der Waals surface area (Å²) in [6.45, 7) is 0. The largest absolute Gasteiger partial charge is 0.347 e. The number of nitrogens with one attached hydrogen (secondary N) is 1. The summed E-state index contributed by atoms with van der Waals surface area (Å²) in [5.74, 6) is 0.538. The van der Waals surface area contributed by atoms with Gasteiger partial charge in [-0.1, -0.05) is 0 Å². The third-order valence-corrected chi connectivity index (χ3v) is 2.96. The highest BCUT2D eigenvalue weighted by Crippen LogP contribution is 2.22. The normalized spacial score (nSPS) is 30.2. The van der Waals surface area contributed by atoms with Gasteiger partial charge in [0.25, 0.3) is 5.91 Å². The fourth-order valence-electron chi connectivity index (χ4n) is 1.80. The molecule has 0 saturated carbocycles. The molecule has 0 bridgehead atoms. The smallest absolute Gasteiger partial charge is 0.325 e. The number of likely N-dealkylation sites (N-methyl/N-ethyl adjacent to an activating group) is 2. The first-order chi connectivity index (χ1) is 7.06. The number of rotatable bonds is 1. The maximum Gasteiger partial charge on any atom is 0.325 e. The second-order valence-electron chi connectivity index (χ2n) is 3.55. The first kappa shape index (κ1) is 10.2. The van der Waals surface area contributed by atoms with Crippen molar-refractivity contribution in [2.24, 2.45) is 4.99 Å². The summed E-state index contributed by atoms with van der Waals surface area (Å²) in [6, 6.07) is -0.879. The lowest BCUT2D eigenvalue weighted by Crippen LogP contribution is -2.63. The van der Waals surface area contributed by atoms with Crippen molar-refractivity contribution in [1.82, 2.24) is 15.1 Å². The fourth-order valence-corrected chi connectivity index (χ4v) is 2.06. The molecule has 0 aromatic carbocycles. The molecule has 2 aliphatic rings. The van der Waals surface area contributed by atoms with E-state index in [9.17, 15) is 9.59 Å². The molecule has 2 heterocycles. The summed E-state index contributed by atoms with van der Waals surface area (Å²) >= 11 is 5.69. The molecule has 1 fully saturated rings. The van der Waals surface area contributed by atoms with Gasteiger partial charge < -0.3 is 9.80 Å². The van der Waals surface area contributed by atoms with Gasteiger partial charge in [-0.15, -0.1) is 11.6 Å². The molecule has 0 aliphatic carbocycles. The summed E-state index contributed by atoms with van der Waals surface area (Å²) in [6.07, 6.45) is -0.454. The Morgan fingerprint density at radius 2 is 2.07 bits per heavy atom. The van der Waals surface area contributed by atoms with Gasteiger partial charge in [-0.2, -0.15) is 0 Å². The Morgan fingerprint density at radius 3 is 2.67 bits per heavy atom. The molecule has 0 radical (unpaired) electrons. The molecular weight excluding hydrogens is 220 g/mol. The van der Waals surface area contributed by atoms with Crippen molar-refractivity contribution in [3.05, 3.63) is 0 Å². The summed E-state index contributed by atoms with van der Waals surface area (Å²) in [4.78, 5) is 30.3. The Morgan fingerprint density at radius 1 is 1.40 bits per heavy atom. The lowest BCUT2D eigenvalue weighted by atomic mass is 10.1. The number of carbonyl (C=O) groups excluding carboxylic acids is 2. The predicted octanol–water partition coefficient (Wildman–Crippen LogP) is -0.555. The third-order valence-electron chi connectivity index (χ3n) is 2.72. The molecular formula is C8H11ClN4O2. The minimum atomic E-state index is -0.457. The van der Waals surface area contributed by atoms with Crippen LogP contribution in [0.4, 0.5) is 4.79 Å². The highest BCUT2D eigenvalue weighted by Gasteiger charge is 2.46. The van der Waals surface area contributed by atoms with Crippen LogP contribution < -0.4 is 5.32 Å². The van der Waals surface area contributed by atoms with Crippen molar-refractivity contribution in [3.63, 3.8) is 0 Å². The molecule has 0 aromatic rings. The zero-order chi connectivity index (χ0) is 11.2. The van der Waals surface area contributed by atoms with Crippen LogP contribution in [-0.2, 0) is 4.79 Å². The minimum Gasteiger partial charge on any atom is -0.347 e. The minimum absolute atomic E-state index is 0.235. The number of carbonyl (C=O) groups is 2. The average molecular weight is 231 g/mol. The quantitative estimate of drug-likeness (QED) is 0.615. The van der Waals surface area contributed by atoms with Crippen molar-refractivity contribution in [2.45, 2.75) is 12.2 Å². The summed E-state index contributed by atoms with van der Waals surface area (Å²) in [5, 5.41) is 2.27. The number of amidine groups is 1. The third kappa shape index (κ3) is 1.36. The number of hydrogen-bond acceptors (Lipinski definition) is 4. The van der Waals surface area contributed by atoms with Gasteiger partial charge in [-0.3, -0.25) is 10.1 Å². The number of urea groups is 1. The van der Waals surface area contributed by atoms with E-state index in [2.05, 4.69) is 10.3 Å².